The molecule has 156 valence electrons. The number of methoxy groups -OCH3 is 3. The first kappa shape index (κ1) is 20.8. The number of nitrogens with zero attached hydrogens (tertiary/aromatic N) is 3. The molecule has 0 aliphatic heterocycles. The number of ether oxygens (including phenoxy) is 3. The third-order valence-corrected chi connectivity index (χ3v) is 4.41. The van der Waals surface area contributed by atoms with Crippen molar-refractivity contribution in [1.82, 2.24) is 15.0 Å². The second kappa shape index (κ2) is 9.08. The Morgan fingerprint density at radius 2 is 1.80 bits per heavy atom. The van der Waals surface area contributed by atoms with Crippen LogP contribution in [0.5, 0.6) is 17.2 Å². The zero-order valence-corrected chi connectivity index (χ0v) is 17.1. The maximum Gasteiger partial charge on any atom is 0.272 e. The van der Waals surface area contributed by atoms with Gasteiger partial charge < -0.3 is 14.2 Å². The maximum absolute atomic E-state index is 12.5. The van der Waals surface area contributed by atoms with Gasteiger partial charge >= 0.3 is 0 Å². The number of para-hydroxylation sites is 2. The minimum atomic E-state index is -0.448. The Kier molecular flexibility index (Phi) is 6.31. The van der Waals surface area contributed by atoms with Crippen LogP contribution >= 0.6 is 0 Å². The minimum absolute atomic E-state index is 0.185. The lowest BCUT2D eigenvalue weighted by atomic mass is 10.2. The largest absolute Gasteiger partial charge is 0.493 e. The van der Waals surface area contributed by atoms with Gasteiger partial charge in [0.15, 0.2) is 11.5 Å². The van der Waals surface area contributed by atoms with Crippen LogP contribution in [-0.2, 0) is 11.3 Å². The topological polar surface area (TPSA) is 104 Å². The fourth-order valence-electron chi connectivity index (χ4n) is 3.01. The predicted molar refractivity (Wildman–Crippen MR) is 113 cm³/mol. The lowest BCUT2D eigenvalue weighted by Crippen LogP contribution is -2.31. The molecule has 3 aromatic rings. The second-order valence-electron chi connectivity index (χ2n) is 6.33. The number of nitrogens with one attached hydrogen (secondary N) is 1. The van der Waals surface area contributed by atoms with Gasteiger partial charge in [-0.2, -0.15) is 5.10 Å². The van der Waals surface area contributed by atoms with Crippen LogP contribution in [0.15, 0.2) is 46.3 Å². The van der Waals surface area contributed by atoms with Gasteiger partial charge in [-0.25, -0.2) is 10.4 Å². The summed E-state index contributed by atoms with van der Waals surface area (Å²) in [5.74, 6) is 0.946. The van der Waals surface area contributed by atoms with Crippen LogP contribution in [0.4, 0.5) is 0 Å². The molecule has 1 N–H and O–H groups in total. The van der Waals surface area contributed by atoms with Crippen molar-refractivity contribution in [1.29, 1.82) is 0 Å². The zero-order chi connectivity index (χ0) is 21.7. The second-order valence-corrected chi connectivity index (χ2v) is 6.33. The van der Waals surface area contributed by atoms with Gasteiger partial charge in [0.25, 0.3) is 11.5 Å². The van der Waals surface area contributed by atoms with Crippen molar-refractivity contribution >= 4 is 23.2 Å². The Hall–Kier alpha value is -3.88. The lowest BCUT2D eigenvalue weighted by molar-refractivity contribution is -0.121. The highest BCUT2D eigenvalue weighted by Crippen LogP contribution is 2.37. The summed E-state index contributed by atoms with van der Waals surface area (Å²) in [7, 11) is 4.54. The lowest BCUT2D eigenvalue weighted by Gasteiger charge is -2.12. The summed E-state index contributed by atoms with van der Waals surface area (Å²) in [4.78, 5) is 29.1. The van der Waals surface area contributed by atoms with E-state index in [0.29, 0.717) is 39.5 Å². The standard InChI is InChI=1S/C21H22N4O5/c1-13-21(27)25(16-8-6-5-7-15(16)23-13)12-19(26)24-22-11-14-9-17(28-2)20(30-4)18(10-14)29-3/h5-11H,12H2,1-4H3,(H,24,26)/b22-11+. The summed E-state index contributed by atoms with van der Waals surface area (Å²) in [6.45, 7) is 1.43. The van der Waals surface area contributed by atoms with Crippen LogP contribution in [0.25, 0.3) is 11.0 Å². The van der Waals surface area contributed by atoms with Crippen molar-refractivity contribution < 1.29 is 19.0 Å². The molecule has 0 saturated carbocycles. The fourth-order valence-corrected chi connectivity index (χ4v) is 3.01. The van der Waals surface area contributed by atoms with Crippen molar-refractivity contribution in [3.05, 3.63) is 58.0 Å². The Morgan fingerprint density at radius 3 is 2.43 bits per heavy atom. The van der Waals surface area contributed by atoms with E-state index in [2.05, 4.69) is 15.5 Å². The van der Waals surface area contributed by atoms with Crippen molar-refractivity contribution in [3.8, 4) is 17.2 Å². The van der Waals surface area contributed by atoms with Gasteiger partial charge in [0, 0.05) is 5.56 Å². The summed E-state index contributed by atoms with van der Waals surface area (Å²) in [6, 6.07) is 10.5. The molecule has 0 radical (unpaired) electrons. The van der Waals surface area contributed by atoms with Crippen LogP contribution in [0.3, 0.4) is 0 Å². The van der Waals surface area contributed by atoms with Gasteiger partial charge in [-0.1, -0.05) is 12.1 Å². The number of aryl methyl sites for hydroxylation is 1. The highest BCUT2D eigenvalue weighted by atomic mass is 16.5. The first-order valence-corrected chi connectivity index (χ1v) is 9.06. The average molecular weight is 410 g/mol. The molecule has 2 aromatic carbocycles. The van der Waals surface area contributed by atoms with Crippen LogP contribution in [-0.4, -0.2) is 43.0 Å². The first-order chi connectivity index (χ1) is 14.5. The molecule has 0 unspecified atom stereocenters. The van der Waals surface area contributed by atoms with Crippen LogP contribution < -0.4 is 25.2 Å². The molecule has 9 nitrogen and oxygen atoms in total. The van der Waals surface area contributed by atoms with Gasteiger partial charge in [-0.15, -0.1) is 0 Å². The summed E-state index contributed by atoms with van der Waals surface area (Å²) >= 11 is 0. The van der Waals surface area contributed by atoms with E-state index in [1.54, 1.807) is 37.3 Å². The number of carbonyl (C=O) groups is 1. The van der Waals surface area contributed by atoms with Gasteiger partial charge in [0.05, 0.1) is 38.6 Å². The van der Waals surface area contributed by atoms with E-state index in [1.165, 1.54) is 32.1 Å². The zero-order valence-electron chi connectivity index (χ0n) is 17.1. The minimum Gasteiger partial charge on any atom is -0.493 e. The molecule has 9 heteroatoms. The maximum atomic E-state index is 12.5. The first-order valence-electron chi connectivity index (χ1n) is 9.06. The SMILES string of the molecule is COc1cc(/C=N/NC(=O)Cn2c(=O)c(C)nc3ccccc32)cc(OC)c1OC. The van der Waals surface area contributed by atoms with Crippen molar-refractivity contribution in [3.63, 3.8) is 0 Å². The molecule has 3 rings (SSSR count). The van der Waals surface area contributed by atoms with Crippen molar-refractivity contribution in [2.45, 2.75) is 13.5 Å². The van der Waals surface area contributed by atoms with Crippen LogP contribution in [0.2, 0.25) is 0 Å². The highest BCUT2D eigenvalue weighted by molar-refractivity contribution is 5.85. The summed E-state index contributed by atoms with van der Waals surface area (Å²) in [5.41, 5.74) is 4.29. The molecule has 1 amide bonds. The number of fused-ring (bicyclic) bond motifs is 1. The van der Waals surface area contributed by atoms with E-state index in [0.717, 1.165) is 0 Å². The van der Waals surface area contributed by atoms with E-state index >= 15 is 0 Å². The molecule has 0 bridgehead atoms. The molecular weight excluding hydrogens is 388 g/mol. The molecule has 1 heterocycles. The summed E-state index contributed by atoms with van der Waals surface area (Å²) < 4.78 is 17.2. The summed E-state index contributed by atoms with van der Waals surface area (Å²) in [6.07, 6.45) is 1.45. The average Bonchev–Trinajstić information content (AvgIpc) is 2.76. The van der Waals surface area contributed by atoms with E-state index in [4.69, 9.17) is 14.2 Å². The molecule has 0 fully saturated rings. The molecule has 30 heavy (non-hydrogen) atoms. The molecular formula is C21H22N4O5. The predicted octanol–water partition coefficient (Wildman–Crippen LogP) is 1.88. The Bertz CT molecular complexity index is 1140. The number of hydrazone groups is 1. The number of hydrogen-bond acceptors (Lipinski definition) is 7. The van der Waals surface area contributed by atoms with Gasteiger partial charge in [0.1, 0.15) is 12.2 Å². The van der Waals surface area contributed by atoms with Crippen molar-refractivity contribution in [2.75, 3.05) is 21.3 Å². The van der Waals surface area contributed by atoms with Gasteiger partial charge in [-0.05, 0) is 31.2 Å². The monoisotopic (exact) mass is 410 g/mol. The number of rotatable bonds is 7. The molecule has 0 spiro atoms. The number of hydrogen-bond donors (Lipinski definition) is 1. The molecule has 0 atom stereocenters. The number of benzene rings is 2. The Morgan fingerprint density at radius 1 is 1.13 bits per heavy atom. The third kappa shape index (κ3) is 4.24. The number of aromatic nitrogens is 2. The molecule has 0 aliphatic carbocycles. The molecule has 0 saturated heterocycles. The quantitative estimate of drug-likeness (QED) is 0.471. The number of carbonyl (C=O) groups excluding carboxylic acids is 1. The third-order valence-electron chi connectivity index (χ3n) is 4.41. The Labute approximate surface area is 172 Å². The highest BCUT2D eigenvalue weighted by Gasteiger charge is 2.13. The Balaban J connectivity index is 1.79. The number of amides is 1. The van der Waals surface area contributed by atoms with Crippen LogP contribution in [0.1, 0.15) is 11.3 Å². The molecule has 1 aromatic heterocycles. The smallest absolute Gasteiger partial charge is 0.272 e. The van der Waals surface area contributed by atoms with E-state index in [9.17, 15) is 9.59 Å². The van der Waals surface area contributed by atoms with Gasteiger partial charge in [-0.3, -0.25) is 14.2 Å². The van der Waals surface area contributed by atoms with Crippen molar-refractivity contribution in [2.24, 2.45) is 5.10 Å². The molecule has 0 aliphatic rings. The van der Waals surface area contributed by atoms with E-state index in [1.807, 2.05) is 6.07 Å². The van der Waals surface area contributed by atoms with E-state index < -0.39 is 5.91 Å². The normalized spacial score (nSPS) is 10.9. The van der Waals surface area contributed by atoms with E-state index in [-0.39, 0.29) is 12.1 Å². The fraction of sp³-hybridized carbons (Fsp3) is 0.238. The van der Waals surface area contributed by atoms with Gasteiger partial charge in [0.2, 0.25) is 5.75 Å². The summed E-state index contributed by atoms with van der Waals surface area (Å²) in [5, 5.41) is 3.97. The van der Waals surface area contributed by atoms with Crippen LogP contribution in [0, 0.1) is 6.92 Å².